The van der Waals surface area contributed by atoms with E-state index in [1.807, 2.05) is 4.90 Å². The van der Waals surface area contributed by atoms with Crippen LogP contribution in [0.25, 0.3) is 11.5 Å². The SMILES string of the molecule is N#CC1CNCCN1Cc1noc(-c2ccc(F)cc2)n1. The maximum Gasteiger partial charge on any atom is 0.257 e. The molecule has 0 amide bonds. The first-order valence-electron chi connectivity index (χ1n) is 6.69. The summed E-state index contributed by atoms with van der Waals surface area (Å²) < 4.78 is 18.1. The molecule has 0 aliphatic carbocycles. The van der Waals surface area contributed by atoms with Crippen LogP contribution in [-0.2, 0) is 6.54 Å². The highest BCUT2D eigenvalue weighted by atomic mass is 19.1. The predicted octanol–water partition coefficient (Wildman–Crippen LogP) is 1.17. The van der Waals surface area contributed by atoms with Crippen molar-refractivity contribution in [2.75, 3.05) is 19.6 Å². The summed E-state index contributed by atoms with van der Waals surface area (Å²) in [6.07, 6.45) is 0. The van der Waals surface area contributed by atoms with Crippen molar-refractivity contribution >= 4 is 0 Å². The summed E-state index contributed by atoms with van der Waals surface area (Å²) in [6.45, 7) is 2.70. The standard InChI is InChI=1S/C14H14FN5O/c15-11-3-1-10(2-4-11)14-18-13(19-21-14)9-20-6-5-17-8-12(20)7-16/h1-4,12,17H,5-6,8-9H2. The topological polar surface area (TPSA) is 78.0 Å². The van der Waals surface area contributed by atoms with Gasteiger partial charge in [0.2, 0.25) is 0 Å². The Morgan fingerprint density at radius 1 is 1.43 bits per heavy atom. The van der Waals surface area contributed by atoms with E-state index < -0.39 is 0 Å². The summed E-state index contributed by atoms with van der Waals surface area (Å²) in [5.74, 6) is 0.571. The quantitative estimate of drug-likeness (QED) is 0.913. The normalized spacial score (nSPS) is 19.3. The largest absolute Gasteiger partial charge is 0.334 e. The average molecular weight is 287 g/mol. The molecular formula is C14H14FN5O. The molecule has 1 saturated heterocycles. The first-order valence-corrected chi connectivity index (χ1v) is 6.69. The number of benzene rings is 1. The Labute approximate surface area is 121 Å². The van der Waals surface area contributed by atoms with Crippen LogP contribution in [0.2, 0.25) is 0 Å². The average Bonchev–Trinajstić information content (AvgIpc) is 2.97. The third kappa shape index (κ3) is 3.07. The Hall–Kier alpha value is -2.30. The molecule has 0 spiro atoms. The molecule has 0 bridgehead atoms. The summed E-state index contributed by atoms with van der Waals surface area (Å²) >= 11 is 0. The third-order valence-electron chi connectivity index (χ3n) is 3.41. The molecule has 7 heteroatoms. The van der Waals surface area contributed by atoms with Crippen molar-refractivity contribution in [1.29, 1.82) is 5.26 Å². The van der Waals surface area contributed by atoms with Gasteiger partial charge in [0.15, 0.2) is 5.82 Å². The highest BCUT2D eigenvalue weighted by molar-refractivity contribution is 5.52. The number of nitriles is 1. The van der Waals surface area contributed by atoms with E-state index >= 15 is 0 Å². The molecule has 1 aromatic carbocycles. The summed E-state index contributed by atoms with van der Waals surface area (Å²) in [5, 5.41) is 16.2. The Morgan fingerprint density at radius 2 is 2.24 bits per heavy atom. The van der Waals surface area contributed by atoms with E-state index in [0.717, 1.165) is 13.1 Å². The van der Waals surface area contributed by atoms with E-state index in [-0.39, 0.29) is 11.9 Å². The zero-order valence-electron chi connectivity index (χ0n) is 11.3. The monoisotopic (exact) mass is 287 g/mol. The van der Waals surface area contributed by atoms with Crippen LogP contribution in [0.5, 0.6) is 0 Å². The molecule has 108 valence electrons. The van der Waals surface area contributed by atoms with E-state index in [4.69, 9.17) is 9.78 Å². The molecule has 2 heterocycles. The number of hydrogen-bond donors (Lipinski definition) is 1. The zero-order valence-corrected chi connectivity index (χ0v) is 11.3. The van der Waals surface area contributed by atoms with Crippen molar-refractivity contribution < 1.29 is 8.91 Å². The fraction of sp³-hybridized carbons (Fsp3) is 0.357. The molecule has 1 N–H and O–H groups in total. The van der Waals surface area contributed by atoms with Gasteiger partial charge < -0.3 is 9.84 Å². The predicted molar refractivity (Wildman–Crippen MR) is 72.4 cm³/mol. The minimum atomic E-state index is -0.309. The van der Waals surface area contributed by atoms with Gasteiger partial charge in [0.25, 0.3) is 5.89 Å². The van der Waals surface area contributed by atoms with Crippen LogP contribution in [0, 0.1) is 17.1 Å². The lowest BCUT2D eigenvalue weighted by molar-refractivity contribution is 0.183. The molecule has 1 unspecified atom stereocenters. The molecule has 1 aliphatic rings. The summed E-state index contributed by atoms with van der Waals surface area (Å²) in [5.41, 5.74) is 0.673. The van der Waals surface area contributed by atoms with E-state index in [1.54, 1.807) is 12.1 Å². The lowest BCUT2D eigenvalue weighted by Crippen LogP contribution is -2.50. The Bertz CT molecular complexity index is 648. The van der Waals surface area contributed by atoms with E-state index in [0.29, 0.717) is 30.4 Å². The molecule has 3 rings (SSSR count). The second-order valence-electron chi connectivity index (χ2n) is 4.84. The third-order valence-corrected chi connectivity index (χ3v) is 3.41. The lowest BCUT2D eigenvalue weighted by atomic mass is 10.2. The molecule has 1 fully saturated rings. The van der Waals surface area contributed by atoms with Gasteiger partial charge >= 0.3 is 0 Å². The van der Waals surface area contributed by atoms with Gasteiger partial charge in [-0.05, 0) is 24.3 Å². The first-order chi connectivity index (χ1) is 10.3. The van der Waals surface area contributed by atoms with E-state index in [9.17, 15) is 4.39 Å². The van der Waals surface area contributed by atoms with Crippen molar-refractivity contribution in [3.05, 3.63) is 35.9 Å². The van der Waals surface area contributed by atoms with Crippen molar-refractivity contribution in [3.8, 4) is 17.5 Å². The van der Waals surface area contributed by atoms with Gasteiger partial charge in [0, 0.05) is 25.2 Å². The lowest BCUT2D eigenvalue weighted by Gasteiger charge is -2.30. The maximum absolute atomic E-state index is 12.9. The van der Waals surface area contributed by atoms with Gasteiger partial charge in [-0.15, -0.1) is 0 Å². The minimum absolute atomic E-state index is 0.188. The molecule has 1 aliphatic heterocycles. The van der Waals surface area contributed by atoms with Crippen LogP contribution >= 0.6 is 0 Å². The van der Waals surface area contributed by atoms with Crippen molar-refractivity contribution in [2.24, 2.45) is 0 Å². The second kappa shape index (κ2) is 5.99. The van der Waals surface area contributed by atoms with Gasteiger partial charge in [-0.2, -0.15) is 10.2 Å². The fourth-order valence-corrected chi connectivity index (χ4v) is 2.27. The number of nitrogens with one attached hydrogen (secondary N) is 1. The molecule has 6 nitrogen and oxygen atoms in total. The number of nitrogens with zero attached hydrogens (tertiary/aromatic N) is 4. The Morgan fingerprint density at radius 3 is 3.00 bits per heavy atom. The smallest absolute Gasteiger partial charge is 0.257 e. The van der Waals surface area contributed by atoms with Crippen LogP contribution in [0.15, 0.2) is 28.8 Å². The highest BCUT2D eigenvalue weighted by Gasteiger charge is 2.23. The molecule has 21 heavy (non-hydrogen) atoms. The fourth-order valence-electron chi connectivity index (χ4n) is 2.27. The molecule has 1 aromatic heterocycles. The summed E-state index contributed by atoms with van der Waals surface area (Å²) in [7, 11) is 0. The van der Waals surface area contributed by atoms with Gasteiger partial charge in [0.1, 0.15) is 11.9 Å². The minimum Gasteiger partial charge on any atom is -0.334 e. The van der Waals surface area contributed by atoms with Crippen molar-refractivity contribution in [1.82, 2.24) is 20.4 Å². The van der Waals surface area contributed by atoms with Crippen LogP contribution in [0.3, 0.4) is 0 Å². The maximum atomic E-state index is 12.9. The molecule has 1 atom stereocenters. The van der Waals surface area contributed by atoms with Crippen LogP contribution in [-0.4, -0.2) is 40.7 Å². The molecule has 0 radical (unpaired) electrons. The number of hydrogen-bond acceptors (Lipinski definition) is 6. The number of halogens is 1. The van der Waals surface area contributed by atoms with E-state index in [1.165, 1.54) is 12.1 Å². The summed E-state index contributed by atoms with van der Waals surface area (Å²) in [4.78, 5) is 6.31. The van der Waals surface area contributed by atoms with Crippen LogP contribution in [0.4, 0.5) is 4.39 Å². The van der Waals surface area contributed by atoms with Crippen molar-refractivity contribution in [3.63, 3.8) is 0 Å². The first kappa shape index (κ1) is 13.7. The second-order valence-corrected chi connectivity index (χ2v) is 4.84. The van der Waals surface area contributed by atoms with Gasteiger partial charge in [-0.1, -0.05) is 5.16 Å². The van der Waals surface area contributed by atoms with Gasteiger partial charge in [-0.25, -0.2) is 4.39 Å². The number of aromatic nitrogens is 2. The molecule has 0 saturated carbocycles. The van der Waals surface area contributed by atoms with Gasteiger partial charge in [-0.3, -0.25) is 4.90 Å². The number of rotatable bonds is 3. The molecular weight excluding hydrogens is 273 g/mol. The Balaban J connectivity index is 1.73. The highest BCUT2D eigenvalue weighted by Crippen LogP contribution is 2.18. The zero-order chi connectivity index (χ0) is 14.7. The summed E-state index contributed by atoms with van der Waals surface area (Å²) in [6, 6.07) is 7.95. The number of piperazine rings is 1. The Kier molecular flexibility index (Phi) is 3.90. The van der Waals surface area contributed by atoms with Crippen LogP contribution < -0.4 is 5.32 Å². The van der Waals surface area contributed by atoms with Gasteiger partial charge in [0.05, 0.1) is 12.6 Å². The van der Waals surface area contributed by atoms with E-state index in [2.05, 4.69) is 21.5 Å². The van der Waals surface area contributed by atoms with Crippen molar-refractivity contribution in [2.45, 2.75) is 12.6 Å². The molecule has 2 aromatic rings. The van der Waals surface area contributed by atoms with Crippen LogP contribution in [0.1, 0.15) is 5.82 Å².